The van der Waals surface area contributed by atoms with Crippen LogP contribution in [0.4, 0.5) is 18.9 Å². The Bertz CT molecular complexity index is 993. The van der Waals surface area contributed by atoms with Gasteiger partial charge in [0.25, 0.3) is 10.0 Å². The van der Waals surface area contributed by atoms with Crippen LogP contribution in [0, 0.1) is 0 Å². The number of alkyl halides is 3. The van der Waals surface area contributed by atoms with Crippen LogP contribution in [0.1, 0.15) is 11.1 Å². The number of benzene rings is 2. The van der Waals surface area contributed by atoms with Crippen LogP contribution >= 0.6 is 11.6 Å². The van der Waals surface area contributed by atoms with Crippen molar-refractivity contribution in [3.05, 3.63) is 58.6 Å². The minimum absolute atomic E-state index is 0.0712. The van der Waals surface area contributed by atoms with Crippen LogP contribution in [-0.2, 0) is 27.8 Å². The minimum Gasteiger partial charge on any atom is -0.330 e. The summed E-state index contributed by atoms with van der Waals surface area (Å²) >= 11 is 5.83. The fourth-order valence-corrected chi connectivity index (χ4v) is 4.11. The lowest BCUT2D eigenvalue weighted by Gasteiger charge is -2.29. The third kappa shape index (κ3) is 4.36. The average molecular weight is 419 g/mol. The molecule has 1 N–H and O–H groups in total. The number of nitrogens with one attached hydrogen (secondary N) is 1. The molecule has 0 aliphatic carbocycles. The third-order valence-corrected chi connectivity index (χ3v) is 5.72. The standard InChI is InChI=1S/C17H14ClF3N2O3S/c18-13-2-1-3-14(9-13)22-27(25,26)15-5-4-11-6-7-23(10-12(11)8-15)16(24)17(19,20)21/h1-5,8-9,22H,6-7,10H2. The smallest absolute Gasteiger partial charge is 0.330 e. The van der Waals surface area contributed by atoms with Gasteiger partial charge in [-0.3, -0.25) is 9.52 Å². The third-order valence-electron chi connectivity index (χ3n) is 4.11. The van der Waals surface area contributed by atoms with Crippen molar-refractivity contribution >= 4 is 33.2 Å². The Hall–Kier alpha value is -2.26. The summed E-state index contributed by atoms with van der Waals surface area (Å²) < 4.78 is 65.4. The molecule has 1 heterocycles. The Kier molecular flexibility index (Phi) is 5.09. The van der Waals surface area contributed by atoms with Crippen molar-refractivity contribution in [2.24, 2.45) is 0 Å². The van der Waals surface area contributed by atoms with Gasteiger partial charge in [0.05, 0.1) is 10.6 Å². The molecule has 0 saturated heterocycles. The predicted molar refractivity (Wildman–Crippen MR) is 93.9 cm³/mol. The van der Waals surface area contributed by atoms with Gasteiger partial charge in [-0.25, -0.2) is 8.42 Å². The number of fused-ring (bicyclic) bond motifs is 1. The highest BCUT2D eigenvalue weighted by atomic mass is 35.5. The second kappa shape index (κ2) is 7.05. The molecule has 0 aromatic heterocycles. The Morgan fingerprint density at radius 2 is 1.85 bits per heavy atom. The van der Waals surface area contributed by atoms with Gasteiger partial charge in [0, 0.05) is 18.1 Å². The zero-order valence-electron chi connectivity index (χ0n) is 13.8. The topological polar surface area (TPSA) is 66.5 Å². The van der Waals surface area contributed by atoms with Crippen LogP contribution in [0.15, 0.2) is 47.4 Å². The summed E-state index contributed by atoms with van der Waals surface area (Å²) in [7, 11) is -3.96. The fraction of sp³-hybridized carbons (Fsp3) is 0.235. The first-order valence-electron chi connectivity index (χ1n) is 7.82. The van der Waals surface area contributed by atoms with E-state index < -0.39 is 22.1 Å². The number of anilines is 1. The molecule has 0 fully saturated rings. The second-order valence-corrected chi connectivity index (χ2v) is 8.14. The van der Waals surface area contributed by atoms with E-state index in [-0.39, 0.29) is 30.1 Å². The number of nitrogens with zero attached hydrogens (tertiary/aromatic N) is 1. The van der Waals surface area contributed by atoms with Gasteiger partial charge in [0.15, 0.2) is 0 Å². The summed E-state index contributed by atoms with van der Waals surface area (Å²) in [6.45, 7) is -0.369. The molecular formula is C17H14ClF3N2O3S. The molecule has 1 aliphatic heterocycles. The zero-order valence-corrected chi connectivity index (χ0v) is 15.3. The number of hydrogen-bond donors (Lipinski definition) is 1. The van der Waals surface area contributed by atoms with Gasteiger partial charge in [-0.2, -0.15) is 13.2 Å². The summed E-state index contributed by atoms with van der Waals surface area (Å²) in [4.78, 5) is 12.0. The maximum Gasteiger partial charge on any atom is 0.471 e. The van der Waals surface area contributed by atoms with Crippen molar-refractivity contribution in [1.29, 1.82) is 0 Å². The van der Waals surface area contributed by atoms with E-state index in [9.17, 15) is 26.4 Å². The molecule has 10 heteroatoms. The minimum atomic E-state index is -4.96. The SMILES string of the molecule is O=C(N1CCc2ccc(S(=O)(=O)Nc3cccc(Cl)c3)cc2C1)C(F)(F)F. The lowest BCUT2D eigenvalue weighted by atomic mass is 10.00. The number of rotatable bonds is 3. The number of halogens is 4. The maximum atomic E-state index is 12.6. The lowest BCUT2D eigenvalue weighted by molar-refractivity contribution is -0.186. The maximum absolute atomic E-state index is 12.6. The van der Waals surface area contributed by atoms with Crippen molar-refractivity contribution in [3.63, 3.8) is 0 Å². The number of carbonyl (C=O) groups excluding carboxylic acids is 1. The normalized spacial score (nSPS) is 14.6. The van der Waals surface area contributed by atoms with Gasteiger partial charge in [-0.15, -0.1) is 0 Å². The van der Waals surface area contributed by atoms with E-state index >= 15 is 0 Å². The Labute approximate surface area is 158 Å². The molecule has 0 unspecified atom stereocenters. The summed E-state index contributed by atoms with van der Waals surface area (Å²) in [6, 6.07) is 10.3. The largest absolute Gasteiger partial charge is 0.471 e. The van der Waals surface area contributed by atoms with E-state index in [0.29, 0.717) is 21.0 Å². The van der Waals surface area contributed by atoms with Crippen LogP contribution in [0.5, 0.6) is 0 Å². The number of hydrogen-bond acceptors (Lipinski definition) is 3. The van der Waals surface area contributed by atoms with E-state index in [1.165, 1.54) is 24.3 Å². The number of carbonyl (C=O) groups is 1. The summed E-state index contributed by atoms with van der Waals surface area (Å²) in [5.41, 5.74) is 1.34. The van der Waals surface area contributed by atoms with Crippen molar-refractivity contribution in [2.75, 3.05) is 11.3 Å². The molecule has 27 heavy (non-hydrogen) atoms. The molecule has 2 aromatic carbocycles. The molecule has 0 atom stereocenters. The Morgan fingerprint density at radius 1 is 1.11 bits per heavy atom. The van der Waals surface area contributed by atoms with Gasteiger partial charge >= 0.3 is 12.1 Å². The molecule has 0 saturated carbocycles. The van der Waals surface area contributed by atoms with Crippen molar-refractivity contribution in [1.82, 2.24) is 4.90 Å². The fourth-order valence-electron chi connectivity index (χ4n) is 2.82. The summed E-state index contributed by atoms with van der Waals surface area (Å²) in [6.07, 6.45) is -4.74. The monoisotopic (exact) mass is 418 g/mol. The molecule has 0 spiro atoms. The van der Waals surface area contributed by atoms with Crippen LogP contribution in [0.3, 0.4) is 0 Å². The molecule has 5 nitrogen and oxygen atoms in total. The summed E-state index contributed by atoms with van der Waals surface area (Å²) in [5, 5.41) is 0.349. The highest BCUT2D eigenvalue weighted by Gasteiger charge is 2.43. The number of sulfonamides is 1. The van der Waals surface area contributed by atoms with E-state index in [4.69, 9.17) is 11.6 Å². The van der Waals surface area contributed by atoms with Crippen LogP contribution < -0.4 is 4.72 Å². The van der Waals surface area contributed by atoms with Crippen molar-refractivity contribution < 1.29 is 26.4 Å². The first-order valence-corrected chi connectivity index (χ1v) is 9.69. The van der Waals surface area contributed by atoms with E-state index in [2.05, 4.69) is 4.72 Å². The molecule has 1 aliphatic rings. The van der Waals surface area contributed by atoms with Crippen LogP contribution in [0.25, 0.3) is 0 Å². The molecule has 3 rings (SSSR count). The molecule has 144 valence electrons. The van der Waals surface area contributed by atoms with Gasteiger partial charge in [-0.05, 0) is 47.9 Å². The van der Waals surface area contributed by atoms with E-state index in [0.717, 1.165) is 0 Å². The highest BCUT2D eigenvalue weighted by Crippen LogP contribution is 2.27. The lowest BCUT2D eigenvalue weighted by Crippen LogP contribution is -2.43. The quantitative estimate of drug-likeness (QED) is 0.828. The summed E-state index contributed by atoms with van der Waals surface area (Å²) in [5.74, 6) is -1.93. The van der Waals surface area contributed by atoms with E-state index in [1.54, 1.807) is 18.2 Å². The van der Waals surface area contributed by atoms with Crippen molar-refractivity contribution in [2.45, 2.75) is 24.0 Å². The van der Waals surface area contributed by atoms with Crippen LogP contribution in [-0.4, -0.2) is 31.9 Å². The first kappa shape index (κ1) is 19.5. The van der Waals surface area contributed by atoms with Gasteiger partial charge in [-0.1, -0.05) is 23.7 Å². The molecule has 2 aromatic rings. The van der Waals surface area contributed by atoms with Gasteiger partial charge < -0.3 is 4.90 Å². The van der Waals surface area contributed by atoms with E-state index in [1.807, 2.05) is 0 Å². The van der Waals surface area contributed by atoms with Crippen LogP contribution in [0.2, 0.25) is 5.02 Å². The molecule has 0 radical (unpaired) electrons. The van der Waals surface area contributed by atoms with Gasteiger partial charge in [0.2, 0.25) is 0 Å². The first-order chi connectivity index (χ1) is 12.6. The predicted octanol–water partition coefficient (Wildman–Crippen LogP) is 3.59. The van der Waals surface area contributed by atoms with Gasteiger partial charge in [0.1, 0.15) is 0 Å². The van der Waals surface area contributed by atoms with Crippen molar-refractivity contribution in [3.8, 4) is 0 Å². The highest BCUT2D eigenvalue weighted by molar-refractivity contribution is 7.92. The molecular weight excluding hydrogens is 405 g/mol. The Balaban J connectivity index is 1.86. The number of amides is 1. The second-order valence-electron chi connectivity index (χ2n) is 6.02. The molecule has 1 amide bonds. The average Bonchev–Trinajstić information content (AvgIpc) is 2.59. The molecule has 0 bridgehead atoms. The Morgan fingerprint density at radius 3 is 2.52 bits per heavy atom. The zero-order chi connectivity index (χ0) is 19.8.